The number of nitrogen functional groups attached to an aromatic ring is 1. The van der Waals surface area contributed by atoms with Crippen molar-refractivity contribution in [1.82, 2.24) is 15.0 Å². The van der Waals surface area contributed by atoms with E-state index in [0.29, 0.717) is 16.7 Å². The van der Waals surface area contributed by atoms with Crippen molar-refractivity contribution >= 4 is 26.4 Å². The second-order valence-electron chi connectivity index (χ2n) is 7.34. The predicted molar refractivity (Wildman–Crippen MR) is 118 cm³/mol. The van der Waals surface area contributed by atoms with E-state index < -0.39 is 31.5 Å². The summed E-state index contributed by atoms with van der Waals surface area (Å²) in [7, 11) is -6.56. The van der Waals surface area contributed by atoms with E-state index in [-0.39, 0.29) is 40.9 Å². The maximum Gasteiger partial charge on any atom is 0.219 e. The van der Waals surface area contributed by atoms with Crippen LogP contribution >= 0.6 is 10.6 Å². The second-order valence-corrected chi connectivity index (χ2v) is 11.9. The average Bonchev–Trinajstić information content (AvgIpc) is 2.74. The van der Waals surface area contributed by atoms with Crippen molar-refractivity contribution in [2.75, 3.05) is 17.2 Å². The Kier molecular flexibility index (Phi) is 5.69. The molecule has 2 aromatic heterocycles. The lowest BCUT2D eigenvalue weighted by Gasteiger charge is -2.38. The molecule has 0 amide bonds. The van der Waals surface area contributed by atoms with Gasteiger partial charge in [0.05, 0.1) is 5.25 Å². The molecule has 0 atom stereocenters. The lowest BCUT2D eigenvalue weighted by atomic mass is 10.0. The molecule has 4 rings (SSSR count). The van der Waals surface area contributed by atoms with Crippen molar-refractivity contribution in [3.05, 3.63) is 54.7 Å². The smallest absolute Gasteiger partial charge is 0.219 e. The van der Waals surface area contributed by atoms with Gasteiger partial charge in [0.25, 0.3) is 0 Å². The average molecular weight is 465 g/mol. The molecule has 31 heavy (non-hydrogen) atoms. The molecule has 0 saturated carbocycles. The van der Waals surface area contributed by atoms with Crippen LogP contribution in [0.1, 0.15) is 12.8 Å². The van der Waals surface area contributed by atoms with Gasteiger partial charge in [0.2, 0.25) is 5.95 Å². The highest BCUT2D eigenvalue weighted by Gasteiger charge is 2.36. The van der Waals surface area contributed by atoms with Crippen molar-refractivity contribution < 1.29 is 21.9 Å². The summed E-state index contributed by atoms with van der Waals surface area (Å²) in [6.07, 6.45) is 4.49. The Morgan fingerprint density at radius 1 is 1.00 bits per heavy atom. The first-order valence-electron chi connectivity index (χ1n) is 9.48. The van der Waals surface area contributed by atoms with Crippen LogP contribution in [0.15, 0.2) is 53.9 Å². The molecular weight excluding hydrogens is 443 g/mol. The van der Waals surface area contributed by atoms with E-state index in [4.69, 9.17) is 5.73 Å². The molecule has 0 spiro atoms. The molecule has 0 unspecified atom stereocenters. The van der Waals surface area contributed by atoms with Crippen LogP contribution in [-0.2, 0) is 9.84 Å². The third-order valence-corrected chi connectivity index (χ3v) is 9.27. The van der Waals surface area contributed by atoms with Crippen LogP contribution in [0.5, 0.6) is 0 Å². The van der Waals surface area contributed by atoms with Gasteiger partial charge in [-0.15, -0.1) is 0 Å². The fourth-order valence-electron chi connectivity index (χ4n) is 3.59. The van der Waals surface area contributed by atoms with Gasteiger partial charge in [-0.25, -0.2) is 27.8 Å². The molecule has 3 aromatic rings. The first kappa shape index (κ1) is 21.6. The van der Waals surface area contributed by atoms with E-state index in [9.17, 15) is 21.9 Å². The highest BCUT2D eigenvalue weighted by molar-refractivity contribution is 8.24. The predicted octanol–water partition coefficient (Wildman–Crippen LogP) is 3.61. The second kappa shape index (κ2) is 8.15. The van der Waals surface area contributed by atoms with Crippen LogP contribution in [0, 0.1) is 5.82 Å². The van der Waals surface area contributed by atoms with Crippen LogP contribution in [-0.4, -0.2) is 49.2 Å². The van der Waals surface area contributed by atoms with Gasteiger partial charge in [0, 0.05) is 46.8 Å². The van der Waals surface area contributed by atoms with Crippen LogP contribution in [0.4, 0.5) is 10.3 Å². The Morgan fingerprint density at radius 3 is 2.32 bits per heavy atom. The quantitative estimate of drug-likeness (QED) is 0.532. The van der Waals surface area contributed by atoms with Gasteiger partial charge in [-0.2, -0.15) is 10.6 Å². The Morgan fingerprint density at radius 2 is 1.68 bits per heavy atom. The summed E-state index contributed by atoms with van der Waals surface area (Å²) in [6.45, 7) is 0. The number of nitrogens with zero attached hydrogens (tertiary/aromatic N) is 3. The van der Waals surface area contributed by atoms with E-state index in [1.54, 1.807) is 18.2 Å². The molecule has 8 nitrogen and oxygen atoms in total. The number of benzene rings is 1. The van der Waals surface area contributed by atoms with Gasteiger partial charge < -0.3 is 5.73 Å². The number of rotatable bonds is 4. The molecule has 1 aromatic carbocycles. The number of sulfone groups is 1. The van der Waals surface area contributed by atoms with E-state index in [0.717, 1.165) is 0 Å². The fourth-order valence-corrected chi connectivity index (χ4v) is 7.28. The SMILES string of the molecule is Nc1ncc(-c2ccc(-c3cccnc3S(=O)(=O)C3CCS(O)(O)CC3)cc2F)cn1. The number of halogens is 1. The Labute approximate surface area is 180 Å². The number of nitrogens with two attached hydrogens (primary N) is 1. The third kappa shape index (κ3) is 4.40. The topological polar surface area (TPSA) is 139 Å². The summed E-state index contributed by atoms with van der Waals surface area (Å²) >= 11 is 0. The van der Waals surface area contributed by atoms with Crippen molar-refractivity contribution in [2.45, 2.75) is 23.1 Å². The zero-order chi connectivity index (χ0) is 22.2. The Bertz CT molecular complexity index is 1210. The number of anilines is 1. The van der Waals surface area contributed by atoms with E-state index in [1.165, 1.54) is 30.7 Å². The summed E-state index contributed by atoms with van der Waals surface area (Å²) in [4.78, 5) is 11.8. The van der Waals surface area contributed by atoms with Crippen LogP contribution in [0.25, 0.3) is 22.3 Å². The van der Waals surface area contributed by atoms with Crippen molar-refractivity contribution in [2.24, 2.45) is 0 Å². The molecule has 0 radical (unpaired) electrons. The minimum absolute atomic E-state index is 0.0477. The van der Waals surface area contributed by atoms with Crippen molar-refractivity contribution in [3.63, 3.8) is 0 Å². The molecule has 3 heterocycles. The molecule has 0 bridgehead atoms. The third-order valence-electron chi connectivity index (χ3n) is 5.28. The summed E-state index contributed by atoms with van der Waals surface area (Å²) in [5.41, 5.74) is 6.83. The molecular formula is C20H21FN4O4S2. The highest BCUT2D eigenvalue weighted by atomic mass is 32.3. The summed E-state index contributed by atoms with van der Waals surface area (Å²) < 4.78 is 61.0. The number of hydrogen-bond donors (Lipinski definition) is 3. The monoisotopic (exact) mass is 464 g/mol. The Hall–Kier alpha value is -2.60. The summed E-state index contributed by atoms with van der Waals surface area (Å²) in [6, 6.07) is 7.56. The molecule has 4 N–H and O–H groups in total. The molecule has 1 aliphatic rings. The normalized spacial score (nSPS) is 17.9. The van der Waals surface area contributed by atoms with Crippen molar-refractivity contribution in [3.8, 4) is 22.3 Å². The molecule has 0 aliphatic carbocycles. The number of aromatic nitrogens is 3. The minimum atomic E-state index is -3.85. The number of hydrogen-bond acceptors (Lipinski definition) is 8. The van der Waals surface area contributed by atoms with Crippen LogP contribution < -0.4 is 5.73 Å². The summed E-state index contributed by atoms with van der Waals surface area (Å²) in [5.74, 6) is -0.391. The first-order valence-corrected chi connectivity index (χ1v) is 12.9. The fraction of sp³-hybridized carbons (Fsp3) is 0.250. The molecule has 11 heteroatoms. The zero-order valence-corrected chi connectivity index (χ0v) is 18.0. The van der Waals surface area contributed by atoms with E-state index in [1.807, 2.05) is 0 Å². The minimum Gasteiger partial charge on any atom is -0.368 e. The van der Waals surface area contributed by atoms with Gasteiger partial charge in [-0.3, -0.25) is 9.11 Å². The van der Waals surface area contributed by atoms with Gasteiger partial charge >= 0.3 is 0 Å². The lowest BCUT2D eigenvalue weighted by Crippen LogP contribution is -2.31. The van der Waals surface area contributed by atoms with Crippen LogP contribution in [0.2, 0.25) is 0 Å². The standard InChI is InChI=1S/C20H21FN4O4S2/c21-18-10-13(3-4-16(18)14-11-24-20(22)25-12-14)17-2-1-7-23-19(17)31(28,29)15-5-8-30(26,27)9-6-15/h1-4,7,10-12,15,26-27H,5-6,8-9H2,(H2,22,24,25). The molecule has 1 saturated heterocycles. The van der Waals surface area contributed by atoms with Gasteiger partial charge in [-0.05, 0) is 36.6 Å². The molecule has 164 valence electrons. The van der Waals surface area contributed by atoms with Gasteiger partial charge in [0.1, 0.15) is 5.82 Å². The molecule has 1 fully saturated rings. The number of pyridine rings is 1. The maximum atomic E-state index is 14.9. The van der Waals surface area contributed by atoms with Gasteiger partial charge in [-0.1, -0.05) is 12.1 Å². The maximum absolute atomic E-state index is 14.9. The van der Waals surface area contributed by atoms with Gasteiger partial charge in [0.15, 0.2) is 14.9 Å². The lowest BCUT2D eigenvalue weighted by molar-refractivity contribution is 0.467. The van der Waals surface area contributed by atoms with E-state index in [2.05, 4.69) is 15.0 Å². The Balaban J connectivity index is 1.70. The van der Waals surface area contributed by atoms with E-state index >= 15 is 0 Å². The van der Waals surface area contributed by atoms with Crippen LogP contribution in [0.3, 0.4) is 0 Å². The van der Waals surface area contributed by atoms with Crippen molar-refractivity contribution in [1.29, 1.82) is 0 Å². The highest BCUT2D eigenvalue weighted by Crippen LogP contribution is 2.46. The largest absolute Gasteiger partial charge is 0.368 e. The summed E-state index contributed by atoms with van der Waals surface area (Å²) in [5, 5.41) is -0.904. The molecule has 1 aliphatic heterocycles. The zero-order valence-electron chi connectivity index (χ0n) is 16.3. The first-order chi connectivity index (χ1) is 14.7.